The number of primary amides is 1. The largest absolute Gasteiger partial charge is 0.381 e. The Morgan fingerprint density at radius 3 is 2.11 bits per heavy atom. The number of hydrazine groups is 1. The van der Waals surface area contributed by atoms with E-state index in [1.54, 1.807) is 12.0 Å². The van der Waals surface area contributed by atoms with Gasteiger partial charge in [-0.05, 0) is 133 Å². The summed E-state index contributed by atoms with van der Waals surface area (Å²) >= 11 is 0. The number of morpholine rings is 1. The zero-order valence-electron chi connectivity index (χ0n) is 52.0. The summed E-state index contributed by atoms with van der Waals surface area (Å²) in [5.41, 5.74) is 20.3. The van der Waals surface area contributed by atoms with Crippen molar-refractivity contribution >= 4 is 40.9 Å². The van der Waals surface area contributed by atoms with Crippen LogP contribution in [0.25, 0.3) is 22.2 Å². The number of anilines is 2. The van der Waals surface area contributed by atoms with Crippen molar-refractivity contribution < 1.29 is 42.1 Å². The molecule has 10 rings (SSSR count). The number of hydrogen-bond donors (Lipinski definition) is 3. The number of ether oxygens (including phenoxy) is 4. The molecule has 1 aromatic carbocycles. The van der Waals surface area contributed by atoms with Crippen LogP contribution in [0, 0.1) is 22.7 Å². The van der Waals surface area contributed by atoms with Crippen molar-refractivity contribution in [1.29, 1.82) is 0 Å². The molecular formula is C65H108F2N10O7. The molecule has 84 heavy (non-hydrogen) atoms. The molecule has 1 aliphatic carbocycles. The Labute approximate surface area is 502 Å². The number of fused-ring (bicyclic) bond motifs is 1. The lowest BCUT2D eigenvalue weighted by molar-refractivity contribution is -0.188. The van der Waals surface area contributed by atoms with E-state index in [1.807, 2.05) is 13.8 Å². The number of nitrogens with zero attached hydrogens (tertiary/aromatic N) is 7. The minimum Gasteiger partial charge on any atom is -0.381 e. The van der Waals surface area contributed by atoms with E-state index >= 15 is 0 Å². The summed E-state index contributed by atoms with van der Waals surface area (Å²) in [6, 6.07) is 8.89. The smallest absolute Gasteiger partial charge is 0.266 e. The zero-order chi connectivity index (χ0) is 59.7. The normalized spacial score (nSPS) is 21.2. The maximum absolute atomic E-state index is 14.9. The van der Waals surface area contributed by atoms with Crippen LogP contribution >= 0.6 is 0 Å². The molecule has 0 radical (unpaired) electrons. The second-order valence-corrected chi connectivity index (χ2v) is 25.4. The molecule has 6 aliphatic heterocycles. The summed E-state index contributed by atoms with van der Waals surface area (Å²) in [5, 5.41) is 1.37. The first kappa shape index (κ1) is 68.8. The van der Waals surface area contributed by atoms with Crippen molar-refractivity contribution in [2.45, 2.75) is 177 Å². The number of methoxy groups -OCH3 is 1. The van der Waals surface area contributed by atoms with E-state index in [0.29, 0.717) is 57.3 Å². The number of aryl methyl sites for hydroxylation is 1. The van der Waals surface area contributed by atoms with Gasteiger partial charge in [0, 0.05) is 125 Å². The minimum absolute atomic E-state index is 0. The van der Waals surface area contributed by atoms with E-state index in [-0.39, 0.29) is 24.9 Å². The van der Waals surface area contributed by atoms with Gasteiger partial charge in [0.05, 0.1) is 67.9 Å². The molecule has 1 saturated carbocycles. The molecule has 4 N–H and O–H groups in total. The molecule has 0 bridgehead atoms. The number of pyridine rings is 1. The Morgan fingerprint density at radius 1 is 0.869 bits per heavy atom. The van der Waals surface area contributed by atoms with Crippen molar-refractivity contribution in [3.8, 4) is 11.3 Å². The van der Waals surface area contributed by atoms with Crippen molar-refractivity contribution in [1.82, 2.24) is 35.1 Å². The lowest BCUT2D eigenvalue weighted by atomic mass is 9.78. The average Bonchev–Trinajstić information content (AvgIpc) is 3.19. The second kappa shape index (κ2) is 32.6. The highest BCUT2D eigenvalue weighted by molar-refractivity contribution is 5.95. The minimum atomic E-state index is -2.79. The molecule has 8 heterocycles. The number of amides is 2. The number of benzene rings is 1. The average molecular weight is 1180 g/mol. The molecule has 1 spiro atoms. The highest BCUT2D eigenvalue weighted by Crippen LogP contribution is 2.45. The van der Waals surface area contributed by atoms with Crippen molar-refractivity contribution in [2.24, 2.45) is 28.4 Å². The molecule has 3 aromatic rings. The molecule has 3 unspecified atom stereocenters. The van der Waals surface area contributed by atoms with Gasteiger partial charge in [0.25, 0.3) is 5.92 Å². The Balaban J connectivity index is 0.000000224. The van der Waals surface area contributed by atoms with Gasteiger partial charge >= 0.3 is 0 Å². The van der Waals surface area contributed by atoms with Gasteiger partial charge in [-0.3, -0.25) is 29.8 Å². The molecule has 2 amide bonds. The van der Waals surface area contributed by atoms with E-state index in [2.05, 4.69) is 100 Å². The van der Waals surface area contributed by atoms with Crippen LogP contribution in [-0.4, -0.2) is 186 Å². The van der Waals surface area contributed by atoms with Crippen molar-refractivity contribution in [2.75, 3.05) is 129 Å². The van der Waals surface area contributed by atoms with Crippen LogP contribution in [-0.2, 0) is 46.3 Å². The second-order valence-electron chi connectivity index (χ2n) is 25.4. The molecule has 7 aliphatic rings. The van der Waals surface area contributed by atoms with Crippen molar-refractivity contribution in [3.05, 3.63) is 41.7 Å². The number of likely N-dealkylation sites (tertiary alicyclic amines) is 2. The van der Waals surface area contributed by atoms with Gasteiger partial charge in [-0.1, -0.05) is 61.3 Å². The number of aromatic nitrogens is 2. The highest BCUT2D eigenvalue weighted by Gasteiger charge is 2.53. The van der Waals surface area contributed by atoms with Crippen LogP contribution in [0.4, 0.5) is 20.2 Å². The number of unbranched alkanes of at least 4 members (excludes halogenated alkanes) is 3. The molecule has 2 aromatic heterocycles. The SMILES string of the molecule is C.CC(C)C(C(N)=O)N1CCCC1C(F)(F)C1CCOCC1.CC=O.CCn1c(-c2cc(N3CCN(C4CC4)CC3)cnc2C(C)OC)c(CC(C)(C)CC)c2cc(N3CCOCC3)ccc21.O=CNNCCCCCCN1CC2(COC2)C1. The monoisotopic (exact) mass is 1180 g/mol. The van der Waals surface area contributed by atoms with Crippen molar-refractivity contribution in [3.63, 3.8) is 0 Å². The third kappa shape index (κ3) is 17.7. The van der Waals surface area contributed by atoms with Gasteiger partial charge in [0.15, 0.2) is 0 Å². The van der Waals surface area contributed by atoms with E-state index < -0.39 is 29.8 Å². The van der Waals surface area contributed by atoms with E-state index in [4.69, 9.17) is 34.5 Å². The highest BCUT2D eigenvalue weighted by atomic mass is 19.3. The summed E-state index contributed by atoms with van der Waals surface area (Å²) in [7, 11) is 1.80. The fraction of sp³-hybridized carbons (Fsp3) is 0.754. The predicted molar refractivity (Wildman–Crippen MR) is 334 cm³/mol. The summed E-state index contributed by atoms with van der Waals surface area (Å²) in [5.74, 6) is -4.01. The van der Waals surface area contributed by atoms with Crippen LogP contribution in [0.3, 0.4) is 0 Å². The number of nitrogens with one attached hydrogen (secondary N) is 2. The summed E-state index contributed by atoms with van der Waals surface area (Å²) < 4.78 is 54.4. The number of piperazine rings is 1. The molecule has 3 atom stereocenters. The maximum atomic E-state index is 14.9. The first-order chi connectivity index (χ1) is 39.9. The fourth-order valence-electron chi connectivity index (χ4n) is 13.3. The summed E-state index contributed by atoms with van der Waals surface area (Å²) in [6.45, 7) is 33.4. The van der Waals surface area contributed by atoms with Gasteiger partial charge in [0.2, 0.25) is 12.3 Å². The Hall–Kier alpha value is -4.34. The summed E-state index contributed by atoms with van der Waals surface area (Å²) in [6.07, 6.45) is 15.1. The number of nitrogens with two attached hydrogens (primary N) is 1. The Morgan fingerprint density at radius 2 is 1.52 bits per heavy atom. The number of halogens is 2. The van der Waals surface area contributed by atoms with Gasteiger partial charge in [0.1, 0.15) is 6.29 Å². The predicted octanol–water partition coefficient (Wildman–Crippen LogP) is 9.52. The number of hydrogen-bond acceptors (Lipinski definition) is 14. The van der Waals surface area contributed by atoms with Crippen LogP contribution in [0.15, 0.2) is 30.5 Å². The van der Waals surface area contributed by atoms with E-state index in [9.17, 15) is 18.4 Å². The number of carbonyl (C=O) groups is 3. The number of aldehydes is 1. The molecule has 6 saturated heterocycles. The number of alkyl halides is 2. The van der Waals surface area contributed by atoms with Gasteiger partial charge < -0.3 is 48.7 Å². The third-order valence-electron chi connectivity index (χ3n) is 18.5. The number of rotatable bonds is 24. The fourth-order valence-corrected chi connectivity index (χ4v) is 13.3. The third-order valence-corrected chi connectivity index (χ3v) is 18.5. The lowest BCUT2D eigenvalue weighted by Gasteiger charge is -2.55. The van der Waals surface area contributed by atoms with E-state index in [0.717, 1.165) is 116 Å². The Bertz CT molecular complexity index is 2480. The molecule has 17 nitrogen and oxygen atoms in total. The van der Waals surface area contributed by atoms with E-state index in [1.165, 1.54) is 97.8 Å². The molecule has 474 valence electrons. The van der Waals surface area contributed by atoms with Gasteiger partial charge in [-0.15, -0.1) is 0 Å². The van der Waals surface area contributed by atoms with Crippen LogP contribution in [0.1, 0.15) is 151 Å². The molecular weight excluding hydrogens is 1070 g/mol. The van der Waals surface area contributed by atoms with Crippen LogP contribution in [0.2, 0.25) is 0 Å². The maximum Gasteiger partial charge on any atom is 0.266 e. The zero-order valence-corrected chi connectivity index (χ0v) is 52.0. The lowest BCUT2D eigenvalue weighted by Crippen LogP contribution is -2.65. The number of carbonyl (C=O) groups excluding carboxylic acids is 3. The van der Waals surface area contributed by atoms with Gasteiger partial charge in [-0.25, -0.2) is 14.2 Å². The summed E-state index contributed by atoms with van der Waals surface area (Å²) in [4.78, 5) is 47.5. The molecule has 19 heteroatoms. The quantitative estimate of drug-likeness (QED) is 0.0440. The standard InChI is InChI=1S/C35H51N5O2.C15H26F2N2O2.C12H23N3O2.C2H4O.CH4/c1-7-35(4,5)23-31-29-21-27(39-17-19-42-20-18-39)11-12-32(29)40(8-2)34(31)30-22-28(24-36-33(30)25(3)41-6)38-15-13-37(14-16-38)26-9-10-26;1-10(2)13(14(18)20)19-7-3-4-12(19)15(16,17)11-5-8-21-9-6-11;16-11-14-13-5-3-1-2-4-6-15-7-12(8-15)9-17-10-12;1-2-3;/h11-12,21-22,24-26H,7-10,13-20,23H2,1-6H3;10-13H,3-9H2,1-2H3,(H2,18,20);11,13H,1-10H2,(H,14,16);2H,1H3;1H4. The van der Waals surface area contributed by atoms with Crippen LogP contribution in [0.5, 0.6) is 0 Å². The van der Waals surface area contributed by atoms with Gasteiger partial charge in [-0.2, -0.15) is 0 Å². The first-order valence-electron chi connectivity index (χ1n) is 31.6. The van der Waals surface area contributed by atoms with Crippen LogP contribution < -0.4 is 26.4 Å². The molecule has 7 fully saturated rings. The Kier molecular flexibility index (Phi) is 26.7. The topological polar surface area (TPSA) is 172 Å². The first-order valence-corrected chi connectivity index (χ1v) is 31.6.